The number of aliphatic imine (C=N–C) groups is 1. The lowest BCUT2D eigenvalue weighted by Gasteiger charge is -2.12. The molecule has 1 aromatic carbocycles. The zero-order valence-corrected chi connectivity index (χ0v) is 13.1. The van der Waals surface area contributed by atoms with Crippen molar-refractivity contribution in [2.24, 2.45) is 4.99 Å². The van der Waals surface area contributed by atoms with E-state index in [-0.39, 0.29) is 18.3 Å². The first kappa shape index (κ1) is 17.3. The number of hydrogen-bond acceptors (Lipinski definition) is 4. The standard InChI is InChI=1S/C15H22N4O.ClH/c1-2-3-8-18-15(20)12-6-4-5-7-13(12)19-11-14-16-9-10-17-14;/h4-7,19H,2-3,8-11H2,1H3,(H,16,17)(H,18,20);1H. The van der Waals surface area contributed by atoms with Crippen LogP contribution in [0.5, 0.6) is 0 Å². The van der Waals surface area contributed by atoms with E-state index in [2.05, 4.69) is 27.9 Å². The van der Waals surface area contributed by atoms with E-state index in [1.807, 2.05) is 24.3 Å². The monoisotopic (exact) mass is 310 g/mol. The maximum Gasteiger partial charge on any atom is 0.253 e. The van der Waals surface area contributed by atoms with Gasteiger partial charge in [0, 0.05) is 18.8 Å². The molecule has 0 atom stereocenters. The highest BCUT2D eigenvalue weighted by atomic mass is 35.5. The zero-order valence-electron chi connectivity index (χ0n) is 12.3. The van der Waals surface area contributed by atoms with Gasteiger partial charge in [0.05, 0.1) is 18.7 Å². The van der Waals surface area contributed by atoms with E-state index in [0.717, 1.165) is 44.0 Å². The Labute approximate surface area is 132 Å². The van der Waals surface area contributed by atoms with Crippen LogP contribution in [0.4, 0.5) is 5.69 Å². The molecule has 0 unspecified atom stereocenters. The van der Waals surface area contributed by atoms with Gasteiger partial charge in [-0.2, -0.15) is 0 Å². The molecule has 2 rings (SSSR count). The summed E-state index contributed by atoms with van der Waals surface area (Å²) in [5.74, 6) is 0.925. The minimum absolute atomic E-state index is 0. The van der Waals surface area contributed by atoms with Crippen molar-refractivity contribution in [1.29, 1.82) is 0 Å². The molecule has 0 bridgehead atoms. The number of para-hydroxylation sites is 1. The lowest BCUT2D eigenvalue weighted by molar-refractivity contribution is 0.0954. The first-order valence-corrected chi connectivity index (χ1v) is 7.19. The fraction of sp³-hybridized carbons (Fsp3) is 0.467. The number of unbranched alkanes of at least 4 members (excludes halogenated alkanes) is 1. The van der Waals surface area contributed by atoms with E-state index in [0.29, 0.717) is 12.1 Å². The van der Waals surface area contributed by atoms with Gasteiger partial charge in [0.2, 0.25) is 0 Å². The van der Waals surface area contributed by atoms with Gasteiger partial charge in [-0.3, -0.25) is 9.79 Å². The van der Waals surface area contributed by atoms with Crippen LogP contribution in [0.2, 0.25) is 0 Å². The molecule has 0 aliphatic carbocycles. The Balaban J connectivity index is 0.00000220. The smallest absolute Gasteiger partial charge is 0.253 e. The first-order chi connectivity index (χ1) is 9.81. The van der Waals surface area contributed by atoms with Gasteiger partial charge in [-0.1, -0.05) is 25.5 Å². The van der Waals surface area contributed by atoms with Crippen molar-refractivity contribution in [2.75, 3.05) is 31.5 Å². The van der Waals surface area contributed by atoms with Crippen molar-refractivity contribution in [2.45, 2.75) is 19.8 Å². The molecular formula is C15H23ClN4O. The summed E-state index contributed by atoms with van der Waals surface area (Å²) in [7, 11) is 0. The molecule has 0 saturated carbocycles. The molecule has 0 spiro atoms. The fourth-order valence-electron chi connectivity index (χ4n) is 2.05. The molecule has 116 valence electrons. The van der Waals surface area contributed by atoms with Crippen LogP contribution in [0.3, 0.4) is 0 Å². The summed E-state index contributed by atoms with van der Waals surface area (Å²) in [6, 6.07) is 7.57. The summed E-state index contributed by atoms with van der Waals surface area (Å²) < 4.78 is 0. The Morgan fingerprint density at radius 1 is 1.38 bits per heavy atom. The molecule has 0 aromatic heterocycles. The SMILES string of the molecule is CCCCNC(=O)c1ccccc1NCC1=NCCN1.Cl. The van der Waals surface area contributed by atoms with Crippen LogP contribution in [0.15, 0.2) is 29.3 Å². The summed E-state index contributed by atoms with van der Waals surface area (Å²) in [5, 5.41) is 9.42. The highest BCUT2D eigenvalue weighted by molar-refractivity contribution is 6.00. The minimum Gasteiger partial charge on any atom is -0.377 e. The Morgan fingerprint density at radius 2 is 2.19 bits per heavy atom. The number of halogens is 1. The van der Waals surface area contributed by atoms with Crippen molar-refractivity contribution in [3.8, 4) is 0 Å². The minimum atomic E-state index is -0.0251. The topological polar surface area (TPSA) is 65.5 Å². The number of nitrogens with one attached hydrogen (secondary N) is 3. The number of rotatable bonds is 7. The molecule has 1 heterocycles. The van der Waals surface area contributed by atoms with Crippen LogP contribution in [0.25, 0.3) is 0 Å². The van der Waals surface area contributed by atoms with Gasteiger partial charge < -0.3 is 16.0 Å². The number of hydrogen-bond donors (Lipinski definition) is 3. The Kier molecular flexibility index (Phi) is 7.61. The largest absolute Gasteiger partial charge is 0.377 e. The van der Waals surface area contributed by atoms with E-state index in [9.17, 15) is 4.79 Å². The van der Waals surface area contributed by atoms with Gasteiger partial charge in [-0.25, -0.2) is 0 Å². The van der Waals surface area contributed by atoms with Crippen molar-refractivity contribution >= 4 is 29.8 Å². The summed E-state index contributed by atoms with van der Waals surface area (Å²) in [6.45, 7) is 5.18. The molecule has 0 saturated heterocycles. The number of benzene rings is 1. The fourth-order valence-corrected chi connectivity index (χ4v) is 2.05. The van der Waals surface area contributed by atoms with Gasteiger partial charge >= 0.3 is 0 Å². The number of carbonyl (C=O) groups excluding carboxylic acids is 1. The second-order valence-electron chi connectivity index (χ2n) is 4.76. The van der Waals surface area contributed by atoms with E-state index in [4.69, 9.17) is 0 Å². The lowest BCUT2D eigenvalue weighted by atomic mass is 10.1. The molecule has 6 heteroatoms. The molecule has 21 heavy (non-hydrogen) atoms. The summed E-state index contributed by atoms with van der Waals surface area (Å²) in [6.07, 6.45) is 2.08. The van der Waals surface area contributed by atoms with Gasteiger partial charge in [-0.05, 0) is 18.6 Å². The van der Waals surface area contributed by atoms with Gasteiger partial charge in [0.25, 0.3) is 5.91 Å². The quantitative estimate of drug-likeness (QED) is 0.675. The van der Waals surface area contributed by atoms with Crippen LogP contribution in [-0.2, 0) is 0 Å². The third-order valence-corrected chi connectivity index (χ3v) is 3.18. The maximum absolute atomic E-state index is 12.1. The van der Waals surface area contributed by atoms with Gasteiger partial charge in [0.1, 0.15) is 5.84 Å². The molecule has 3 N–H and O–H groups in total. The molecule has 1 aliphatic rings. The van der Waals surface area contributed by atoms with Crippen LogP contribution in [0.1, 0.15) is 30.1 Å². The summed E-state index contributed by atoms with van der Waals surface area (Å²) in [5.41, 5.74) is 1.53. The van der Waals surface area contributed by atoms with E-state index >= 15 is 0 Å². The zero-order chi connectivity index (χ0) is 14.2. The van der Waals surface area contributed by atoms with Crippen molar-refractivity contribution in [1.82, 2.24) is 10.6 Å². The molecule has 0 radical (unpaired) electrons. The Bertz CT molecular complexity index is 490. The second kappa shape index (κ2) is 9.23. The molecule has 1 amide bonds. The van der Waals surface area contributed by atoms with Gasteiger partial charge in [-0.15, -0.1) is 12.4 Å². The molecular weight excluding hydrogens is 288 g/mol. The van der Waals surface area contributed by atoms with Crippen LogP contribution >= 0.6 is 12.4 Å². The molecule has 5 nitrogen and oxygen atoms in total. The van der Waals surface area contributed by atoms with E-state index in [1.165, 1.54) is 0 Å². The van der Waals surface area contributed by atoms with Crippen LogP contribution in [-0.4, -0.2) is 37.9 Å². The van der Waals surface area contributed by atoms with Crippen LogP contribution < -0.4 is 16.0 Å². The summed E-state index contributed by atoms with van der Waals surface area (Å²) in [4.78, 5) is 16.5. The lowest BCUT2D eigenvalue weighted by Crippen LogP contribution is -2.28. The molecule has 0 fully saturated rings. The number of nitrogens with zero attached hydrogens (tertiary/aromatic N) is 1. The molecule has 1 aromatic rings. The number of carbonyl (C=O) groups is 1. The van der Waals surface area contributed by atoms with E-state index < -0.39 is 0 Å². The first-order valence-electron chi connectivity index (χ1n) is 7.19. The Hall–Kier alpha value is -1.75. The highest BCUT2D eigenvalue weighted by Crippen LogP contribution is 2.14. The molecule has 1 aliphatic heterocycles. The third-order valence-electron chi connectivity index (χ3n) is 3.18. The summed E-state index contributed by atoms with van der Waals surface area (Å²) >= 11 is 0. The van der Waals surface area contributed by atoms with Crippen molar-refractivity contribution in [3.05, 3.63) is 29.8 Å². The second-order valence-corrected chi connectivity index (χ2v) is 4.76. The van der Waals surface area contributed by atoms with Crippen molar-refractivity contribution < 1.29 is 4.79 Å². The third kappa shape index (κ3) is 5.27. The highest BCUT2D eigenvalue weighted by Gasteiger charge is 2.11. The van der Waals surface area contributed by atoms with Crippen LogP contribution in [0, 0.1) is 0 Å². The number of amidine groups is 1. The predicted molar refractivity (Wildman–Crippen MR) is 89.7 cm³/mol. The number of anilines is 1. The van der Waals surface area contributed by atoms with E-state index in [1.54, 1.807) is 0 Å². The average molecular weight is 311 g/mol. The predicted octanol–water partition coefficient (Wildman–Crippen LogP) is 2.05. The maximum atomic E-state index is 12.1. The van der Waals surface area contributed by atoms with Gasteiger partial charge in [0.15, 0.2) is 0 Å². The average Bonchev–Trinajstić information content (AvgIpc) is 2.99. The normalized spacial score (nSPS) is 12.9. The Morgan fingerprint density at radius 3 is 2.90 bits per heavy atom. The van der Waals surface area contributed by atoms with Crippen molar-refractivity contribution in [3.63, 3.8) is 0 Å². The number of amides is 1.